The Morgan fingerprint density at radius 2 is 0.729 bits per heavy atom. The van der Waals surface area contributed by atoms with E-state index in [2.05, 4.69) is 265 Å². The second-order valence-electron chi connectivity index (χ2n) is 18.2. The summed E-state index contributed by atoms with van der Waals surface area (Å²) >= 11 is 3.80. The van der Waals surface area contributed by atoms with Gasteiger partial charge in [-0.1, -0.05) is 224 Å². The summed E-state index contributed by atoms with van der Waals surface area (Å²) in [5.41, 5.74) is 16.4. The normalized spacial score (nSPS) is 12.7. The first-order valence-electron chi connectivity index (χ1n) is 24.0. The molecule has 1 nitrogen and oxygen atoms in total. The lowest BCUT2D eigenvalue weighted by molar-refractivity contribution is 0.778. The maximum atomic E-state index is 2.39. The van der Waals surface area contributed by atoms with Gasteiger partial charge in [-0.25, -0.2) is 0 Å². The van der Waals surface area contributed by atoms with Crippen LogP contribution >= 0.6 is 22.7 Å². The monoisotopic (exact) mass is 925 g/mol. The second-order valence-corrected chi connectivity index (χ2v) is 20.3. The number of nitrogens with zero attached hydrogens (tertiary/aromatic N) is 1. The molecular formula is C67H43NS2. The number of benzene rings is 11. The molecule has 0 fully saturated rings. The fourth-order valence-corrected chi connectivity index (χ4v) is 14.2. The van der Waals surface area contributed by atoms with Crippen LogP contribution in [0.25, 0.3) is 101 Å². The molecule has 1 aliphatic carbocycles. The maximum absolute atomic E-state index is 2.39. The quantitative estimate of drug-likeness (QED) is 0.162. The van der Waals surface area contributed by atoms with Crippen molar-refractivity contribution in [2.75, 3.05) is 0 Å². The van der Waals surface area contributed by atoms with Gasteiger partial charge in [0.25, 0.3) is 0 Å². The van der Waals surface area contributed by atoms with Crippen LogP contribution in [0.5, 0.6) is 0 Å². The van der Waals surface area contributed by atoms with Gasteiger partial charge in [-0.2, -0.15) is 0 Å². The first-order chi connectivity index (χ1) is 34.8. The zero-order valence-corrected chi connectivity index (χ0v) is 39.7. The van der Waals surface area contributed by atoms with Gasteiger partial charge in [0.05, 0.1) is 16.4 Å². The summed E-state index contributed by atoms with van der Waals surface area (Å²) < 4.78 is 7.80. The van der Waals surface area contributed by atoms with Crippen LogP contribution in [0, 0.1) is 0 Å². The van der Waals surface area contributed by atoms with Crippen LogP contribution in [0.4, 0.5) is 0 Å². The van der Waals surface area contributed by atoms with Gasteiger partial charge in [0, 0.05) is 62.4 Å². The summed E-state index contributed by atoms with van der Waals surface area (Å²) in [6.45, 7) is 0. The van der Waals surface area contributed by atoms with Crippen LogP contribution in [-0.2, 0) is 5.41 Å². The van der Waals surface area contributed by atoms with Crippen molar-refractivity contribution in [3.63, 3.8) is 0 Å². The zero-order chi connectivity index (χ0) is 46.2. The Morgan fingerprint density at radius 1 is 0.286 bits per heavy atom. The smallest absolute Gasteiger partial charge is 0.0727 e. The maximum Gasteiger partial charge on any atom is 0.0727 e. The molecule has 3 heterocycles. The number of thiophene rings is 2. The Morgan fingerprint density at radius 3 is 1.39 bits per heavy atom. The highest BCUT2D eigenvalue weighted by molar-refractivity contribution is 7.26. The molecule has 0 spiro atoms. The fraction of sp³-hybridized carbons (Fsp3) is 0.0149. The van der Waals surface area contributed by atoms with Crippen molar-refractivity contribution in [3.8, 4) is 39.1 Å². The number of rotatable bonds is 5. The van der Waals surface area contributed by atoms with Gasteiger partial charge in [-0.05, 0) is 86.5 Å². The van der Waals surface area contributed by atoms with Crippen LogP contribution in [0.1, 0.15) is 22.3 Å². The first kappa shape index (κ1) is 40.7. The lowest BCUT2D eigenvalue weighted by Gasteiger charge is -2.34. The van der Waals surface area contributed by atoms with Crippen LogP contribution in [0.3, 0.4) is 0 Å². The summed E-state index contributed by atoms with van der Waals surface area (Å²) in [7, 11) is 0. The van der Waals surface area contributed by atoms with E-state index in [1.54, 1.807) is 0 Å². The Labute approximate surface area is 414 Å². The third-order valence-corrected chi connectivity index (χ3v) is 17.0. The molecule has 70 heavy (non-hydrogen) atoms. The van der Waals surface area contributed by atoms with Gasteiger partial charge >= 0.3 is 0 Å². The predicted molar refractivity (Wildman–Crippen MR) is 301 cm³/mol. The standard InChI is InChI=1S/C36H23NS.C31H20S/c1-2-14-27(31-18-10-19-32-30-17-5-8-22-35(30)38-36(31)32)26(13-1)24-11-9-12-25(23-24)37-33-20-6-3-15-28(33)29-16-4-7-21-34(29)37;1-2-11-21(12-3-1)31(26-17-7-4-13-22(26)23-14-5-8-18-27(23)31)28-19-10-16-25-24-15-6-9-20-29(24)32-30(25)28/h1-23H;1-20H. The van der Waals surface area contributed by atoms with Crippen molar-refractivity contribution in [3.05, 3.63) is 283 Å². The molecule has 328 valence electrons. The lowest BCUT2D eigenvalue weighted by Crippen LogP contribution is -2.28. The highest BCUT2D eigenvalue weighted by Gasteiger charge is 2.47. The number of hydrogen-bond acceptors (Lipinski definition) is 2. The van der Waals surface area contributed by atoms with E-state index in [1.165, 1.54) is 123 Å². The number of aromatic nitrogens is 1. The first-order valence-corrected chi connectivity index (χ1v) is 25.6. The summed E-state index contributed by atoms with van der Waals surface area (Å²) in [6.07, 6.45) is 0. The zero-order valence-electron chi connectivity index (χ0n) is 38.1. The summed E-state index contributed by atoms with van der Waals surface area (Å²) in [6, 6.07) is 95.3. The third kappa shape index (κ3) is 6.15. The molecule has 0 atom stereocenters. The Kier molecular flexibility index (Phi) is 9.55. The molecule has 0 saturated heterocycles. The summed E-state index contributed by atoms with van der Waals surface area (Å²) in [5, 5.41) is 7.92. The van der Waals surface area contributed by atoms with Crippen molar-refractivity contribution in [2.24, 2.45) is 0 Å². The van der Waals surface area contributed by atoms with Crippen LogP contribution in [0.15, 0.2) is 261 Å². The average Bonchev–Trinajstić information content (AvgIpc) is 4.19. The molecule has 3 aromatic heterocycles. The molecule has 0 N–H and O–H groups in total. The van der Waals surface area contributed by atoms with Crippen molar-refractivity contribution in [1.29, 1.82) is 0 Å². The molecule has 0 radical (unpaired) electrons. The van der Waals surface area contributed by atoms with Gasteiger partial charge in [0.1, 0.15) is 0 Å². The number of fused-ring (bicyclic) bond motifs is 12. The summed E-state index contributed by atoms with van der Waals surface area (Å²) in [4.78, 5) is 0. The van der Waals surface area contributed by atoms with Gasteiger partial charge in [-0.3, -0.25) is 0 Å². The fourth-order valence-electron chi connectivity index (χ4n) is 11.7. The van der Waals surface area contributed by atoms with E-state index in [-0.39, 0.29) is 5.41 Å². The van der Waals surface area contributed by atoms with E-state index in [0.29, 0.717) is 0 Å². The number of para-hydroxylation sites is 2. The predicted octanol–water partition coefficient (Wildman–Crippen LogP) is 18.9. The van der Waals surface area contributed by atoms with E-state index in [0.717, 1.165) is 0 Å². The molecule has 3 heteroatoms. The minimum atomic E-state index is -0.338. The molecule has 1 aliphatic rings. The highest BCUT2D eigenvalue weighted by atomic mass is 32.1. The molecule has 14 aromatic rings. The molecule has 0 bridgehead atoms. The molecule has 0 amide bonds. The van der Waals surface area contributed by atoms with Crippen LogP contribution < -0.4 is 0 Å². The van der Waals surface area contributed by atoms with Crippen LogP contribution in [0.2, 0.25) is 0 Å². The molecule has 0 aliphatic heterocycles. The summed E-state index contributed by atoms with van der Waals surface area (Å²) in [5.74, 6) is 0. The van der Waals surface area contributed by atoms with Gasteiger partial charge in [-0.15, -0.1) is 22.7 Å². The molecule has 11 aromatic carbocycles. The molecule has 15 rings (SSSR count). The van der Waals surface area contributed by atoms with Gasteiger partial charge in [0.2, 0.25) is 0 Å². The Bertz CT molecular complexity index is 4220. The topological polar surface area (TPSA) is 4.93 Å². The minimum absolute atomic E-state index is 0.338. The Balaban J connectivity index is 0.000000133. The highest BCUT2D eigenvalue weighted by Crippen LogP contribution is 2.58. The van der Waals surface area contributed by atoms with E-state index in [4.69, 9.17) is 0 Å². The number of hydrogen-bond donors (Lipinski definition) is 0. The molecule has 0 saturated carbocycles. The van der Waals surface area contributed by atoms with Crippen molar-refractivity contribution in [1.82, 2.24) is 4.57 Å². The van der Waals surface area contributed by atoms with Gasteiger partial charge < -0.3 is 4.57 Å². The van der Waals surface area contributed by atoms with E-state index >= 15 is 0 Å². The van der Waals surface area contributed by atoms with Crippen LogP contribution in [-0.4, -0.2) is 4.57 Å². The van der Waals surface area contributed by atoms with E-state index in [9.17, 15) is 0 Å². The molecule has 0 unspecified atom stereocenters. The van der Waals surface area contributed by atoms with Gasteiger partial charge in [0.15, 0.2) is 0 Å². The largest absolute Gasteiger partial charge is 0.309 e. The van der Waals surface area contributed by atoms with Crippen molar-refractivity contribution < 1.29 is 0 Å². The van der Waals surface area contributed by atoms with E-state index in [1.807, 2.05) is 22.7 Å². The second kappa shape index (κ2) is 16.4. The molecular weight excluding hydrogens is 883 g/mol. The Hall–Kier alpha value is -8.34. The van der Waals surface area contributed by atoms with Crippen molar-refractivity contribution >= 4 is 84.8 Å². The van der Waals surface area contributed by atoms with Crippen molar-refractivity contribution in [2.45, 2.75) is 5.41 Å². The van der Waals surface area contributed by atoms with E-state index < -0.39 is 0 Å². The minimum Gasteiger partial charge on any atom is -0.309 e. The lowest BCUT2D eigenvalue weighted by atomic mass is 9.67. The average molecular weight is 926 g/mol. The SMILES string of the molecule is c1cc(-c2ccccc2-c2cccc3c2sc2ccccc23)cc(-n2c3ccccc3c3ccccc32)c1.c1ccc(C2(c3cccc4c3sc3ccccc34)c3ccccc3-c3ccccc32)cc1. The third-order valence-electron chi connectivity index (χ3n) is 14.6.